The summed E-state index contributed by atoms with van der Waals surface area (Å²) in [5, 5.41) is 2.15. The van der Waals surface area contributed by atoms with E-state index in [-0.39, 0.29) is 31.0 Å². The zero-order valence-corrected chi connectivity index (χ0v) is 19.2. The zero-order valence-electron chi connectivity index (χ0n) is 17.6. The van der Waals surface area contributed by atoms with Crippen molar-refractivity contribution in [2.75, 3.05) is 25.7 Å². The monoisotopic (exact) mass is 477 g/mol. The maximum atomic E-state index is 12.6. The highest BCUT2D eigenvalue weighted by Crippen LogP contribution is 2.40. The maximum Gasteiger partial charge on any atom is 0.311 e. The summed E-state index contributed by atoms with van der Waals surface area (Å²) in [6, 6.07) is 4.50. The van der Waals surface area contributed by atoms with Crippen molar-refractivity contribution < 1.29 is 23.8 Å². The second-order valence-corrected chi connectivity index (χ2v) is 8.50. The van der Waals surface area contributed by atoms with E-state index in [4.69, 9.17) is 25.8 Å². The molecule has 1 aromatic carbocycles. The van der Waals surface area contributed by atoms with E-state index >= 15 is 0 Å². The molecule has 2 aromatic heterocycles. The maximum absolute atomic E-state index is 12.6. The summed E-state index contributed by atoms with van der Waals surface area (Å²) in [6.07, 6.45) is -0.00905. The fourth-order valence-corrected chi connectivity index (χ4v) is 4.72. The van der Waals surface area contributed by atoms with Crippen molar-refractivity contribution in [1.29, 1.82) is 0 Å². The van der Waals surface area contributed by atoms with Crippen molar-refractivity contribution in [3.05, 3.63) is 50.3 Å². The Labute approximate surface area is 192 Å². The lowest BCUT2D eigenvalue weighted by Gasteiger charge is -2.20. The normalized spacial score (nSPS) is 15.9. The van der Waals surface area contributed by atoms with Crippen LogP contribution >= 0.6 is 22.9 Å². The van der Waals surface area contributed by atoms with Gasteiger partial charge in [0.2, 0.25) is 5.91 Å². The number of aryl methyl sites for hydroxylation is 1. The molecule has 0 saturated carbocycles. The van der Waals surface area contributed by atoms with Gasteiger partial charge in [-0.25, -0.2) is 4.98 Å². The number of thiazole rings is 1. The van der Waals surface area contributed by atoms with Crippen molar-refractivity contribution in [2.45, 2.75) is 20.0 Å². The Hall–Kier alpha value is -3.11. The van der Waals surface area contributed by atoms with Crippen LogP contribution in [0, 0.1) is 12.8 Å². The van der Waals surface area contributed by atoms with Gasteiger partial charge in [0.15, 0.2) is 4.96 Å². The largest absolute Gasteiger partial charge is 0.495 e. The third-order valence-electron chi connectivity index (χ3n) is 5.19. The number of carbonyl (C=O) groups excluding carboxylic acids is 2. The van der Waals surface area contributed by atoms with E-state index in [2.05, 4.69) is 4.98 Å². The standard InChI is InChI=1S/C21H20ClN3O6S/c1-11-10-32-21-23-13(5-19(27)25(11)21)9-31-20(28)12-4-18(26)24(8-12)15-6-14(22)16(29-2)7-17(15)30-3/h5-7,10,12H,4,8-9H2,1-3H3/t12-/m0/s1. The Balaban J connectivity index is 1.47. The van der Waals surface area contributed by atoms with Crippen molar-refractivity contribution in [3.8, 4) is 11.5 Å². The number of carbonyl (C=O) groups is 2. The van der Waals surface area contributed by atoms with Crippen LogP contribution in [-0.4, -0.2) is 42.0 Å². The Bertz CT molecular complexity index is 1270. The van der Waals surface area contributed by atoms with E-state index in [0.29, 0.717) is 32.9 Å². The van der Waals surface area contributed by atoms with Crippen LogP contribution in [0.5, 0.6) is 11.5 Å². The average molecular weight is 478 g/mol. The van der Waals surface area contributed by atoms with Crippen molar-refractivity contribution >= 4 is 45.5 Å². The van der Waals surface area contributed by atoms with Crippen LogP contribution < -0.4 is 19.9 Å². The quantitative estimate of drug-likeness (QED) is 0.503. The second-order valence-electron chi connectivity index (χ2n) is 7.25. The number of nitrogens with zero attached hydrogens (tertiary/aromatic N) is 3. The van der Waals surface area contributed by atoms with Gasteiger partial charge in [-0.1, -0.05) is 11.6 Å². The molecule has 1 fully saturated rings. The predicted octanol–water partition coefficient (Wildman–Crippen LogP) is 2.83. The van der Waals surface area contributed by atoms with Gasteiger partial charge >= 0.3 is 5.97 Å². The highest BCUT2D eigenvalue weighted by Gasteiger charge is 2.37. The summed E-state index contributed by atoms with van der Waals surface area (Å²) in [4.78, 5) is 43.9. The van der Waals surface area contributed by atoms with E-state index in [0.717, 1.165) is 5.69 Å². The minimum Gasteiger partial charge on any atom is -0.495 e. The summed E-state index contributed by atoms with van der Waals surface area (Å²) in [5.74, 6) is -0.641. The first-order valence-corrected chi connectivity index (χ1v) is 10.9. The molecular formula is C21H20ClN3O6S. The number of ether oxygens (including phenoxy) is 3. The van der Waals surface area contributed by atoms with Crippen LogP contribution in [0.2, 0.25) is 5.02 Å². The molecule has 0 unspecified atom stereocenters. The smallest absolute Gasteiger partial charge is 0.311 e. The van der Waals surface area contributed by atoms with E-state index in [9.17, 15) is 14.4 Å². The van der Waals surface area contributed by atoms with Crippen LogP contribution in [0.4, 0.5) is 5.69 Å². The molecule has 0 bridgehead atoms. The minimum absolute atomic E-state index is 0.00905. The van der Waals surface area contributed by atoms with E-state index in [1.807, 2.05) is 12.3 Å². The Morgan fingerprint density at radius 3 is 2.69 bits per heavy atom. The minimum atomic E-state index is -0.665. The molecule has 0 aliphatic carbocycles. The summed E-state index contributed by atoms with van der Waals surface area (Å²) in [7, 11) is 2.95. The number of esters is 1. The lowest BCUT2D eigenvalue weighted by Crippen LogP contribution is -2.27. The summed E-state index contributed by atoms with van der Waals surface area (Å²) >= 11 is 7.55. The number of hydrogen-bond acceptors (Lipinski definition) is 8. The highest BCUT2D eigenvalue weighted by atomic mass is 35.5. The summed E-state index contributed by atoms with van der Waals surface area (Å²) in [6.45, 7) is 1.79. The van der Waals surface area contributed by atoms with Crippen molar-refractivity contribution in [1.82, 2.24) is 9.38 Å². The molecule has 0 N–H and O–H groups in total. The molecule has 3 aromatic rings. The van der Waals surface area contributed by atoms with E-state index in [1.165, 1.54) is 40.9 Å². The fraction of sp³-hybridized carbons (Fsp3) is 0.333. The van der Waals surface area contributed by atoms with Gasteiger partial charge < -0.3 is 19.1 Å². The number of hydrogen-bond donors (Lipinski definition) is 0. The van der Waals surface area contributed by atoms with Gasteiger partial charge in [0.1, 0.15) is 18.1 Å². The lowest BCUT2D eigenvalue weighted by molar-refractivity contribution is -0.149. The number of anilines is 1. The number of methoxy groups -OCH3 is 2. The summed E-state index contributed by atoms with van der Waals surface area (Å²) < 4.78 is 17.4. The van der Waals surface area contributed by atoms with Crippen LogP contribution in [0.15, 0.2) is 28.4 Å². The molecule has 1 saturated heterocycles. The lowest BCUT2D eigenvalue weighted by atomic mass is 10.1. The molecule has 11 heteroatoms. The van der Waals surface area contributed by atoms with Gasteiger partial charge in [0.25, 0.3) is 5.56 Å². The van der Waals surface area contributed by atoms with Crippen LogP contribution in [-0.2, 0) is 20.9 Å². The second kappa shape index (κ2) is 8.79. The third kappa shape index (κ3) is 4.03. The van der Waals surface area contributed by atoms with E-state index in [1.54, 1.807) is 12.1 Å². The van der Waals surface area contributed by atoms with Gasteiger partial charge in [0, 0.05) is 36.2 Å². The topological polar surface area (TPSA) is 99.4 Å². The molecule has 1 amide bonds. The number of fused-ring (bicyclic) bond motifs is 1. The molecule has 9 nitrogen and oxygen atoms in total. The number of rotatable bonds is 6. The fourth-order valence-electron chi connectivity index (χ4n) is 3.59. The van der Waals surface area contributed by atoms with Crippen molar-refractivity contribution in [2.24, 2.45) is 5.92 Å². The van der Waals surface area contributed by atoms with Gasteiger partial charge in [-0.15, -0.1) is 11.3 Å². The van der Waals surface area contributed by atoms with Crippen LogP contribution in [0.1, 0.15) is 17.8 Å². The molecular weight excluding hydrogens is 458 g/mol. The molecule has 0 radical (unpaired) electrons. The molecule has 168 valence electrons. The Morgan fingerprint density at radius 2 is 1.97 bits per heavy atom. The SMILES string of the molecule is COc1cc(OC)c(N2C[C@@H](C(=O)OCc3cc(=O)n4c(C)csc4n3)CC2=O)cc1Cl. The van der Waals surface area contributed by atoms with Crippen LogP contribution in [0.25, 0.3) is 4.96 Å². The Morgan fingerprint density at radius 1 is 1.22 bits per heavy atom. The Kier molecular flexibility index (Phi) is 6.07. The first kappa shape index (κ1) is 22.1. The van der Waals surface area contributed by atoms with Gasteiger partial charge in [-0.2, -0.15) is 0 Å². The molecule has 1 aliphatic rings. The first-order valence-electron chi connectivity index (χ1n) is 9.67. The van der Waals surface area contributed by atoms with Gasteiger partial charge in [0.05, 0.1) is 36.5 Å². The summed E-state index contributed by atoms with van der Waals surface area (Å²) in [5.41, 5.74) is 1.37. The zero-order chi connectivity index (χ0) is 23.0. The number of benzene rings is 1. The highest BCUT2D eigenvalue weighted by molar-refractivity contribution is 7.15. The molecule has 1 atom stereocenters. The van der Waals surface area contributed by atoms with Gasteiger partial charge in [-0.3, -0.25) is 18.8 Å². The van der Waals surface area contributed by atoms with E-state index < -0.39 is 11.9 Å². The molecule has 0 spiro atoms. The number of aromatic nitrogens is 2. The first-order chi connectivity index (χ1) is 15.3. The van der Waals surface area contributed by atoms with Crippen LogP contribution in [0.3, 0.4) is 0 Å². The number of halogens is 1. The molecule has 4 rings (SSSR count). The average Bonchev–Trinajstić information content (AvgIpc) is 3.34. The molecule has 3 heterocycles. The predicted molar refractivity (Wildman–Crippen MR) is 119 cm³/mol. The molecule has 1 aliphatic heterocycles. The third-order valence-corrected chi connectivity index (χ3v) is 6.43. The number of amides is 1. The van der Waals surface area contributed by atoms with Gasteiger partial charge in [-0.05, 0) is 13.0 Å². The molecule has 32 heavy (non-hydrogen) atoms. The van der Waals surface area contributed by atoms with Crippen molar-refractivity contribution in [3.63, 3.8) is 0 Å².